The molecule has 3 rings (SSSR count). The largest absolute Gasteiger partial charge is 0.463 e. The summed E-state index contributed by atoms with van der Waals surface area (Å²) in [5, 5.41) is 39.9. The van der Waals surface area contributed by atoms with Crippen LogP contribution >= 0.6 is 0 Å². The number of nitrogens with zero attached hydrogens (tertiary/aromatic N) is 2. The topological polar surface area (TPSA) is 242 Å². The number of hydrogen-bond donors (Lipinski definition) is 6. The Hall–Kier alpha value is -3.84. The summed E-state index contributed by atoms with van der Waals surface area (Å²) in [4.78, 5) is 43.7. The molecule has 42 heavy (non-hydrogen) atoms. The standard InChI is InChI=1S/C27H38N6O9/c1-15(2)21(30)25(37)41-22-18(11-39-20(35)10-16-6-4-3-5-7-16)42-27(12-28,23(22)36)19-9-8-17(32-19)24(31-13-29)33-26(38)40-14-34/h8-9,13,15-16,18,21-23,32,34,36H,3-7,10-11,14,30H2,1-2H3,(H2,29,31,33,38)/t18-,21+,22-,23-,27+/m1/s1. The van der Waals surface area contributed by atoms with Gasteiger partial charge in [-0.05, 0) is 36.8 Å². The fraction of sp³-hybridized carbons (Fsp3) is 0.630. The SMILES string of the molecule is CC(C)[C@H](N)C(=O)O[C@H]1[C@@H](O)[C@](C#N)(c2ccc(C(=NC=N)NC(=O)OCO)[nH]2)O[C@@H]1COC(=O)CC1CCCCC1. The van der Waals surface area contributed by atoms with Crippen LogP contribution in [0.5, 0.6) is 0 Å². The molecule has 2 aliphatic rings. The number of nitrogens with one attached hydrogen (secondary N) is 3. The fourth-order valence-corrected chi connectivity index (χ4v) is 4.98. The van der Waals surface area contributed by atoms with Gasteiger partial charge in [0.15, 0.2) is 18.7 Å². The number of aliphatic hydroxyl groups is 2. The first-order valence-electron chi connectivity index (χ1n) is 13.8. The lowest BCUT2D eigenvalue weighted by molar-refractivity contribution is -0.162. The number of rotatable bonds is 11. The zero-order chi connectivity index (χ0) is 30.9. The highest BCUT2D eigenvalue weighted by molar-refractivity contribution is 6.07. The third kappa shape index (κ3) is 7.71. The molecule has 1 saturated heterocycles. The zero-order valence-corrected chi connectivity index (χ0v) is 23.6. The Balaban J connectivity index is 1.86. The van der Waals surface area contributed by atoms with Crippen LogP contribution in [0.15, 0.2) is 17.1 Å². The van der Waals surface area contributed by atoms with E-state index in [1.54, 1.807) is 13.8 Å². The minimum Gasteiger partial charge on any atom is -0.463 e. The number of nitrogens with two attached hydrogens (primary N) is 1. The molecular formula is C27H38N6O9. The molecule has 0 aromatic carbocycles. The van der Waals surface area contributed by atoms with Crippen LogP contribution in [0.1, 0.15) is 63.8 Å². The van der Waals surface area contributed by atoms with Crippen LogP contribution in [-0.4, -0.2) is 83.2 Å². The monoisotopic (exact) mass is 590 g/mol. The van der Waals surface area contributed by atoms with E-state index in [9.17, 15) is 24.8 Å². The van der Waals surface area contributed by atoms with Gasteiger partial charge in [-0.15, -0.1) is 0 Å². The Morgan fingerprint density at radius 1 is 1.31 bits per heavy atom. The Bertz CT molecular complexity index is 1190. The van der Waals surface area contributed by atoms with Crippen LogP contribution in [0.2, 0.25) is 0 Å². The van der Waals surface area contributed by atoms with Gasteiger partial charge in [0.1, 0.15) is 37.3 Å². The Kier molecular flexibility index (Phi) is 11.6. The van der Waals surface area contributed by atoms with Crippen molar-refractivity contribution in [2.24, 2.45) is 22.6 Å². The van der Waals surface area contributed by atoms with E-state index < -0.39 is 61.4 Å². The van der Waals surface area contributed by atoms with Crippen molar-refractivity contribution in [1.29, 1.82) is 10.7 Å². The summed E-state index contributed by atoms with van der Waals surface area (Å²) in [6, 6.07) is 3.67. The maximum atomic E-state index is 12.8. The van der Waals surface area contributed by atoms with Crippen molar-refractivity contribution in [3.05, 3.63) is 23.5 Å². The number of H-pyrrole nitrogens is 1. The second-order valence-corrected chi connectivity index (χ2v) is 10.6. The molecule has 1 saturated carbocycles. The van der Waals surface area contributed by atoms with Crippen molar-refractivity contribution in [1.82, 2.24) is 10.3 Å². The quantitative estimate of drug-likeness (QED) is 0.0696. The molecule has 0 spiro atoms. The smallest absolute Gasteiger partial charge is 0.414 e. The molecule has 5 atom stereocenters. The highest BCUT2D eigenvalue weighted by atomic mass is 16.6. The summed E-state index contributed by atoms with van der Waals surface area (Å²) in [6.07, 6.45) is 0.505. The predicted molar refractivity (Wildman–Crippen MR) is 146 cm³/mol. The summed E-state index contributed by atoms with van der Waals surface area (Å²) in [5.74, 6) is -1.56. The summed E-state index contributed by atoms with van der Waals surface area (Å²) in [7, 11) is 0. The number of aliphatic imine (C=N–C) groups is 1. The summed E-state index contributed by atoms with van der Waals surface area (Å²) >= 11 is 0. The molecule has 1 amide bonds. The number of hydrogen-bond acceptors (Lipinski definition) is 12. The molecule has 0 unspecified atom stereocenters. The van der Waals surface area contributed by atoms with Crippen molar-refractivity contribution < 1.29 is 43.5 Å². The lowest BCUT2D eigenvalue weighted by Crippen LogP contribution is -2.46. The maximum absolute atomic E-state index is 12.8. The molecule has 1 aromatic rings. The first-order valence-corrected chi connectivity index (χ1v) is 13.8. The fourth-order valence-electron chi connectivity index (χ4n) is 4.98. The summed E-state index contributed by atoms with van der Waals surface area (Å²) in [6.45, 7) is 2.14. The van der Waals surface area contributed by atoms with E-state index in [-0.39, 0.29) is 35.5 Å². The third-order valence-electron chi connectivity index (χ3n) is 7.38. The molecule has 230 valence electrons. The normalized spacial score (nSPS) is 25.4. The van der Waals surface area contributed by atoms with E-state index in [1.165, 1.54) is 12.1 Å². The number of carbonyl (C=O) groups excluding carboxylic acids is 3. The van der Waals surface area contributed by atoms with Gasteiger partial charge in [0.05, 0.1) is 11.4 Å². The lowest BCUT2D eigenvalue weighted by Gasteiger charge is -2.25. The average Bonchev–Trinajstić information content (AvgIpc) is 3.56. The van der Waals surface area contributed by atoms with E-state index in [1.807, 2.05) is 6.07 Å². The van der Waals surface area contributed by atoms with Gasteiger partial charge in [-0.2, -0.15) is 5.26 Å². The molecule has 1 aliphatic carbocycles. The predicted octanol–water partition coefficient (Wildman–Crippen LogP) is 0.932. The molecule has 2 heterocycles. The van der Waals surface area contributed by atoms with Crippen molar-refractivity contribution in [3.8, 4) is 6.07 Å². The molecule has 15 heteroatoms. The number of aromatic amines is 1. The van der Waals surface area contributed by atoms with Crippen LogP contribution in [0.25, 0.3) is 0 Å². The van der Waals surface area contributed by atoms with Gasteiger partial charge in [0.25, 0.3) is 0 Å². The second-order valence-electron chi connectivity index (χ2n) is 10.6. The van der Waals surface area contributed by atoms with E-state index >= 15 is 0 Å². The van der Waals surface area contributed by atoms with Crippen molar-refractivity contribution in [2.75, 3.05) is 13.4 Å². The number of carbonyl (C=O) groups is 3. The van der Waals surface area contributed by atoms with Crippen LogP contribution in [0.3, 0.4) is 0 Å². The van der Waals surface area contributed by atoms with E-state index in [0.29, 0.717) is 6.34 Å². The Morgan fingerprint density at radius 2 is 2.02 bits per heavy atom. The van der Waals surface area contributed by atoms with Crippen molar-refractivity contribution in [2.45, 2.75) is 82.3 Å². The molecule has 1 aromatic heterocycles. The van der Waals surface area contributed by atoms with Gasteiger partial charge in [-0.25, -0.2) is 9.79 Å². The molecule has 15 nitrogen and oxygen atoms in total. The third-order valence-corrected chi connectivity index (χ3v) is 7.38. The lowest BCUT2D eigenvalue weighted by atomic mass is 9.87. The highest BCUT2D eigenvalue weighted by Gasteiger charge is 2.59. The van der Waals surface area contributed by atoms with Gasteiger partial charge in [-0.1, -0.05) is 33.1 Å². The number of amidine groups is 1. The van der Waals surface area contributed by atoms with Crippen LogP contribution in [-0.2, 0) is 34.1 Å². The number of nitriles is 1. The zero-order valence-electron chi connectivity index (χ0n) is 23.6. The number of alkyl carbamates (subject to hydrolysis) is 1. The molecular weight excluding hydrogens is 552 g/mol. The average molecular weight is 591 g/mol. The molecule has 7 N–H and O–H groups in total. The molecule has 0 bridgehead atoms. The van der Waals surface area contributed by atoms with Crippen LogP contribution < -0.4 is 11.1 Å². The number of amides is 1. The maximum Gasteiger partial charge on any atom is 0.414 e. The van der Waals surface area contributed by atoms with Gasteiger partial charge in [-0.3, -0.25) is 20.3 Å². The minimum atomic E-state index is -2.13. The van der Waals surface area contributed by atoms with E-state index in [4.69, 9.17) is 30.5 Å². The van der Waals surface area contributed by atoms with Gasteiger partial charge in [0, 0.05) is 6.42 Å². The molecule has 0 radical (unpaired) electrons. The summed E-state index contributed by atoms with van der Waals surface area (Å²) in [5.41, 5.74) is 3.90. The van der Waals surface area contributed by atoms with Gasteiger partial charge in [0.2, 0.25) is 5.60 Å². The van der Waals surface area contributed by atoms with Crippen LogP contribution in [0.4, 0.5) is 4.79 Å². The van der Waals surface area contributed by atoms with E-state index in [0.717, 1.165) is 32.1 Å². The molecule has 1 aliphatic heterocycles. The van der Waals surface area contributed by atoms with Crippen LogP contribution in [0, 0.1) is 28.6 Å². The molecule has 2 fully saturated rings. The summed E-state index contributed by atoms with van der Waals surface area (Å²) < 4.78 is 21.4. The first-order chi connectivity index (χ1) is 20.1. The number of aliphatic hydroxyl groups excluding tert-OH is 2. The van der Waals surface area contributed by atoms with Crippen molar-refractivity contribution >= 4 is 30.2 Å². The number of esters is 2. The van der Waals surface area contributed by atoms with Gasteiger partial charge >= 0.3 is 18.0 Å². The Labute approximate surface area is 242 Å². The highest BCUT2D eigenvalue weighted by Crippen LogP contribution is 2.41. The first kappa shape index (κ1) is 32.7. The van der Waals surface area contributed by atoms with Crippen molar-refractivity contribution in [3.63, 3.8) is 0 Å². The van der Waals surface area contributed by atoms with Gasteiger partial charge < -0.3 is 39.9 Å². The Morgan fingerprint density at radius 3 is 2.64 bits per heavy atom. The second kappa shape index (κ2) is 14.9. The number of aromatic nitrogens is 1. The minimum absolute atomic E-state index is 0.00672. The van der Waals surface area contributed by atoms with E-state index in [2.05, 4.69) is 20.0 Å². The number of ether oxygens (including phenoxy) is 4.